The SMILES string of the molecule is O=C(Cc1ccccc1)OCc1ccc(C(=O)Oc2ccc(Cl)cc2)cc1. The first kappa shape index (κ1) is 18.7. The van der Waals surface area contributed by atoms with Crippen molar-refractivity contribution in [2.24, 2.45) is 0 Å². The van der Waals surface area contributed by atoms with E-state index in [0.717, 1.165) is 11.1 Å². The number of carbonyl (C=O) groups excluding carboxylic acids is 2. The highest BCUT2D eigenvalue weighted by Gasteiger charge is 2.10. The summed E-state index contributed by atoms with van der Waals surface area (Å²) >= 11 is 5.80. The van der Waals surface area contributed by atoms with E-state index in [1.807, 2.05) is 30.3 Å². The fourth-order valence-electron chi connectivity index (χ4n) is 2.38. The molecule has 0 saturated heterocycles. The number of hydrogen-bond acceptors (Lipinski definition) is 4. The van der Waals surface area contributed by atoms with Crippen LogP contribution in [0.25, 0.3) is 0 Å². The Labute approximate surface area is 162 Å². The number of rotatable bonds is 6. The molecule has 0 atom stereocenters. The Morgan fingerprint density at radius 1 is 0.778 bits per heavy atom. The molecule has 0 N–H and O–H groups in total. The van der Waals surface area contributed by atoms with Crippen molar-refractivity contribution in [1.29, 1.82) is 0 Å². The third-order valence-corrected chi connectivity index (χ3v) is 4.06. The largest absolute Gasteiger partial charge is 0.461 e. The van der Waals surface area contributed by atoms with Crippen LogP contribution in [0.3, 0.4) is 0 Å². The van der Waals surface area contributed by atoms with Gasteiger partial charge >= 0.3 is 11.9 Å². The van der Waals surface area contributed by atoms with Crippen LogP contribution >= 0.6 is 11.6 Å². The molecule has 0 amide bonds. The standard InChI is InChI=1S/C22H17ClO4/c23-19-10-12-20(13-11-19)27-22(25)18-8-6-17(7-9-18)15-26-21(24)14-16-4-2-1-3-5-16/h1-13H,14-15H2. The summed E-state index contributed by atoms with van der Waals surface area (Å²) in [6, 6.07) is 22.7. The Morgan fingerprint density at radius 3 is 2.11 bits per heavy atom. The lowest BCUT2D eigenvalue weighted by atomic mass is 10.1. The second kappa shape index (κ2) is 9.01. The van der Waals surface area contributed by atoms with Crippen molar-refractivity contribution in [2.45, 2.75) is 13.0 Å². The Hall–Kier alpha value is -3.11. The van der Waals surface area contributed by atoms with Gasteiger partial charge in [0, 0.05) is 5.02 Å². The molecule has 0 fully saturated rings. The van der Waals surface area contributed by atoms with Gasteiger partial charge in [0.1, 0.15) is 12.4 Å². The van der Waals surface area contributed by atoms with Gasteiger partial charge in [0.25, 0.3) is 0 Å². The summed E-state index contributed by atoms with van der Waals surface area (Å²) in [4.78, 5) is 24.0. The molecule has 0 unspecified atom stereocenters. The van der Waals surface area contributed by atoms with Gasteiger partial charge in [-0.2, -0.15) is 0 Å². The minimum Gasteiger partial charge on any atom is -0.461 e. The minimum atomic E-state index is -0.468. The second-order valence-corrected chi connectivity index (χ2v) is 6.30. The molecule has 3 aromatic carbocycles. The maximum Gasteiger partial charge on any atom is 0.343 e. The highest BCUT2D eigenvalue weighted by atomic mass is 35.5. The molecule has 0 saturated carbocycles. The fourth-order valence-corrected chi connectivity index (χ4v) is 2.51. The molecule has 0 aliphatic carbocycles. The predicted octanol–water partition coefficient (Wildman–Crippen LogP) is 4.85. The van der Waals surface area contributed by atoms with Crippen LogP contribution in [0.4, 0.5) is 0 Å². The van der Waals surface area contributed by atoms with Crippen LogP contribution in [0.2, 0.25) is 5.02 Å². The first-order valence-electron chi connectivity index (χ1n) is 8.36. The van der Waals surface area contributed by atoms with E-state index in [0.29, 0.717) is 16.3 Å². The Morgan fingerprint density at radius 2 is 1.44 bits per heavy atom. The molecule has 0 heterocycles. The van der Waals surface area contributed by atoms with Crippen LogP contribution in [0, 0.1) is 0 Å². The van der Waals surface area contributed by atoms with Gasteiger partial charge in [0.15, 0.2) is 0 Å². The maximum atomic E-state index is 12.1. The van der Waals surface area contributed by atoms with Crippen molar-refractivity contribution in [3.63, 3.8) is 0 Å². The van der Waals surface area contributed by atoms with Gasteiger partial charge in [-0.15, -0.1) is 0 Å². The quantitative estimate of drug-likeness (QED) is 0.453. The summed E-state index contributed by atoms with van der Waals surface area (Å²) in [5, 5.41) is 0.570. The van der Waals surface area contributed by atoms with E-state index in [-0.39, 0.29) is 19.0 Å². The topological polar surface area (TPSA) is 52.6 Å². The zero-order chi connectivity index (χ0) is 19.1. The number of carbonyl (C=O) groups is 2. The van der Waals surface area contributed by atoms with E-state index < -0.39 is 5.97 Å². The van der Waals surface area contributed by atoms with Crippen LogP contribution in [0.5, 0.6) is 5.75 Å². The maximum absolute atomic E-state index is 12.1. The Balaban J connectivity index is 1.51. The lowest BCUT2D eigenvalue weighted by molar-refractivity contribution is -0.144. The van der Waals surface area contributed by atoms with Gasteiger partial charge in [0.05, 0.1) is 12.0 Å². The van der Waals surface area contributed by atoms with Gasteiger partial charge < -0.3 is 9.47 Å². The van der Waals surface area contributed by atoms with Crippen LogP contribution < -0.4 is 4.74 Å². The zero-order valence-corrected chi connectivity index (χ0v) is 15.2. The lowest BCUT2D eigenvalue weighted by Gasteiger charge is -2.07. The molecular weight excluding hydrogens is 364 g/mol. The highest BCUT2D eigenvalue weighted by Crippen LogP contribution is 2.17. The first-order chi connectivity index (χ1) is 13.1. The summed E-state index contributed by atoms with van der Waals surface area (Å²) < 4.78 is 10.5. The van der Waals surface area contributed by atoms with E-state index in [1.165, 1.54) is 0 Å². The average molecular weight is 381 g/mol. The molecule has 5 heteroatoms. The zero-order valence-electron chi connectivity index (χ0n) is 14.4. The molecule has 0 aliphatic heterocycles. The number of ether oxygens (including phenoxy) is 2. The first-order valence-corrected chi connectivity index (χ1v) is 8.74. The summed E-state index contributed by atoms with van der Waals surface area (Å²) in [5.74, 6) is -0.347. The fraction of sp³-hybridized carbons (Fsp3) is 0.0909. The van der Waals surface area contributed by atoms with E-state index in [4.69, 9.17) is 21.1 Å². The Kier molecular flexibility index (Phi) is 6.23. The molecule has 3 rings (SSSR count). The van der Waals surface area contributed by atoms with Crippen LogP contribution in [-0.4, -0.2) is 11.9 Å². The van der Waals surface area contributed by atoms with Gasteiger partial charge in [0.2, 0.25) is 0 Å². The van der Waals surface area contributed by atoms with Crippen molar-refractivity contribution in [2.75, 3.05) is 0 Å². The second-order valence-electron chi connectivity index (χ2n) is 5.86. The molecule has 0 radical (unpaired) electrons. The molecule has 0 aliphatic rings. The number of esters is 2. The average Bonchev–Trinajstić information content (AvgIpc) is 2.69. The van der Waals surface area contributed by atoms with Crippen molar-refractivity contribution in [3.05, 3.63) is 101 Å². The van der Waals surface area contributed by atoms with Crippen LogP contribution in [0.1, 0.15) is 21.5 Å². The summed E-state index contributed by atoms with van der Waals surface area (Å²) in [6.07, 6.45) is 0.229. The van der Waals surface area contributed by atoms with Gasteiger partial charge in [-0.1, -0.05) is 54.1 Å². The molecule has 27 heavy (non-hydrogen) atoms. The lowest BCUT2D eigenvalue weighted by Crippen LogP contribution is -2.09. The van der Waals surface area contributed by atoms with E-state index in [1.54, 1.807) is 48.5 Å². The Bertz CT molecular complexity index is 903. The molecule has 0 aromatic heterocycles. The number of hydrogen-bond donors (Lipinski definition) is 0. The third-order valence-electron chi connectivity index (χ3n) is 3.80. The van der Waals surface area contributed by atoms with E-state index in [9.17, 15) is 9.59 Å². The van der Waals surface area contributed by atoms with Crippen LogP contribution in [-0.2, 0) is 22.6 Å². The molecule has 0 spiro atoms. The third kappa shape index (κ3) is 5.69. The highest BCUT2D eigenvalue weighted by molar-refractivity contribution is 6.30. The summed E-state index contributed by atoms with van der Waals surface area (Å²) in [6.45, 7) is 0.151. The minimum absolute atomic E-state index is 0.151. The van der Waals surface area contributed by atoms with E-state index in [2.05, 4.69) is 0 Å². The summed E-state index contributed by atoms with van der Waals surface area (Å²) in [5.41, 5.74) is 2.10. The molecule has 3 aromatic rings. The van der Waals surface area contributed by atoms with Crippen molar-refractivity contribution < 1.29 is 19.1 Å². The van der Waals surface area contributed by atoms with Crippen molar-refractivity contribution in [1.82, 2.24) is 0 Å². The normalized spacial score (nSPS) is 10.3. The monoisotopic (exact) mass is 380 g/mol. The van der Waals surface area contributed by atoms with Crippen molar-refractivity contribution >= 4 is 23.5 Å². The van der Waals surface area contributed by atoms with Crippen molar-refractivity contribution in [3.8, 4) is 5.75 Å². The number of halogens is 1. The molecule has 4 nitrogen and oxygen atoms in total. The number of benzene rings is 3. The van der Waals surface area contributed by atoms with Gasteiger partial charge in [-0.25, -0.2) is 4.79 Å². The van der Waals surface area contributed by atoms with E-state index >= 15 is 0 Å². The smallest absolute Gasteiger partial charge is 0.343 e. The van der Waals surface area contributed by atoms with Gasteiger partial charge in [-0.05, 0) is 47.5 Å². The van der Waals surface area contributed by atoms with Gasteiger partial charge in [-0.3, -0.25) is 4.79 Å². The summed E-state index contributed by atoms with van der Waals surface area (Å²) in [7, 11) is 0. The van der Waals surface area contributed by atoms with Crippen LogP contribution in [0.15, 0.2) is 78.9 Å². The molecule has 136 valence electrons. The molecular formula is C22H17ClO4. The predicted molar refractivity (Wildman–Crippen MR) is 103 cm³/mol. The molecule has 0 bridgehead atoms.